The Morgan fingerprint density at radius 2 is 2.00 bits per heavy atom. The summed E-state index contributed by atoms with van der Waals surface area (Å²) in [5.74, 6) is 1.45. The van der Waals surface area contributed by atoms with E-state index in [1.165, 1.54) is 0 Å². The second-order valence-corrected chi connectivity index (χ2v) is 5.44. The molecule has 2 N–H and O–H groups in total. The molecule has 1 amide bonds. The summed E-state index contributed by atoms with van der Waals surface area (Å²) in [7, 11) is 0. The van der Waals surface area contributed by atoms with E-state index in [0.29, 0.717) is 11.6 Å². The summed E-state index contributed by atoms with van der Waals surface area (Å²) in [6.07, 6.45) is 5.62. The smallest absolute Gasteiger partial charge is 0.228 e. The van der Waals surface area contributed by atoms with Crippen LogP contribution in [0, 0.1) is 5.92 Å². The fourth-order valence-electron chi connectivity index (χ4n) is 2.42. The normalized spacial score (nSPS) is 22.3. The lowest BCUT2D eigenvalue weighted by molar-refractivity contribution is -0.122. The Balaban J connectivity index is 1.47. The number of aromatic nitrogens is 2. The quantitative estimate of drug-likeness (QED) is 0.857. The number of nitrogens with zero attached hydrogens (tertiary/aromatic N) is 2. The Morgan fingerprint density at radius 3 is 2.60 bits per heavy atom. The van der Waals surface area contributed by atoms with Gasteiger partial charge in [-0.15, -0.1) is 10.2 Å². The van der Waals surface area contributed by atoms with Crippen LogP contribution in [0.15, 0.2) is 12.1 Å². The first-order chi connectivity index (χ1) is 9.81. The predicted octanol–water partition coefficient (Wildman–Crippen LogP) is 1.81. The Kier molecular flexibility index (Phi) is 4.11. The third-order valence-electron chi connectivity index (χ3n) is 3.93. The highest BCUT2D eigenvalue weighted by molar-refractivity contribution is 5.92. The lowest BCUT2D eigenvalue weighted by Crippen LogP contribution is -2.28. The van der Waals surface area contributed by atoms with E-state index in [0.717, 1.165) is 45.3 Å². The van der Waals surface area contributed by atoms with Crippen LogP contribution >= 0.6 is 0 Å². The highest BCUT2D eigenvalue weighted by atomic mass is 16.5. The Hall–Kier alpha value is -1.69. The predicted molar refractivity (Wildman–Crippen MR) is 75.5 cm³/mol. The molecule has 0 spiro atoms. The van der Waals surface area contributed by atoms with Crippen LogP contribution < -0.4 is 10.6 Å². The fourth-order valence-corrected chi connectivity index (χ4v) is 2.42. The number of rotatable bonds is 5. The summed E-state index contributed by atoms with van der Waals surface area (Å²) < 4.78 is 5.53. The minimum Gasteiger partial charge on any atom is -0.376 e. The summed E-state index contributed by atoms with van der Waals surface area (Å²) in [4.78, 5) is 11.8. The van der Waals surface area contributed by atoms with Gasteiger partial charge in [0.2, 0.25) is 5.91 Å². The van der Waals surface area contributed by atoms with Crippen LogP contribution in [-0.2, 0) is 9.53 Å². The molecule has 3 rings (SSSR count). The highest BCUT2D eigenvalue weighted by Gasteiger charge is 2.25. The van der Waals surface area contributed by atoms with E-state index in [1.807, 2.05) is 6.07 Å². The molecule has 2 fully saturated rings. The molecule has 2 aliphatic rings. The van der Waals surface area contributed by atoms with Crippen molar-refractivity contribution in [1.82, 2.24) is 10.2 Å². The Bertz CT molecular complexity index is 453. The Labute approximate surface area is 118 Å². The molecule has 1 atom stereocenters. The van der Waals surface area contributed by atoms with Gasteiger partial charge in [-0.3, -0.25) is 4.79 Å². The minimum absolute atomic E-state index is 0.0608. The lowest BCUT2D eigenvalue weighted by Gasteiger charge is -2.23. The average Bonchev–Trinajstić information content (AvgIpc) is 2.89. The van der Waals surface area contributed by atoms with Crippen molar-refractivity contribution in [2.75, 3.05) is 23.8 Å². The van der Waals surface area contributed by atoms with E-state index < -0.39 is 0 Å². The molecule has 20 heavy (non-hydrogen) atoms. The van der Waals surface area contributed by atoms with Crippen molar-refractivity contribution in [1.29, 1.82) is 0 Å². The van der Waals surface area contributed by atoms with E-state index in [1.54, 1.807) is 6.07 Å². The monoisotopic (exact) mass is 276 g/mol. The van der Waals surface area contributed by atoms with Gasteiger partial charge in [0.05, 0.1) is 6.10 Å². The van der Waals surface area contributed by atoms with E-state index in [9.17, 15) is 4.79 Å². The zero-order valence-electron chi connectivity index (χ0n) is 11.5. The number of carbonyl (C=O) groups is 1. The molecule has 6 heteroatoms. The van der Waals surface area contributed by atoms with E-state index in [-0.39, 0.29) is 17.9 Å². The molecule has 2 heterocycles. The van der Waals surface area contributed by atoms with Crippen LogP contribution in [-0.4, -0.2) is 35.4 Å². The third-order valence-corrected chi connectivity index (χ3v) is 3.93. The van der Waals surface area contributed by atoms with Crippen LogP contribution in [0.2, 0.25) is 0 Å². The maximum absolute atomic E-state index is 11.8. The number of carbonyl (C=O) groups excluding carboxylic acids is 1. The van der Waals surface area contributed by atoms with E-state index >= 15 is 0 Å². The molecular formula is C14H20N4O2. The molecule has 1 aromatic rings. The lowest BCUT2D eigenvalue weighted by atomic mass is 9.85. The fraction of sp³-hybridized carbons (Fsp3) is 0.643. The summed E-state index contributed by atoms with van der Waals surface area (Å²) in [6, 6.07) is 3.61. The topological polar surface area (TPSA) is 76.1 Å². The maximum Gasteiger partial charge on any atom is 0.228 e. The summed E-state index contributed by atoms with van der Waals surface area (Å²) in [6.45, 7) is 1.60. The zero-order chi connectivity index (χ0) is 13.8. The van der Waals surface area contributed by atoms with Gasteiger partial charge in [0.25, 0.3) is 0 Å². The van der Waals surface area contributed by atoms with Crippen LogP contribution in [0.5, 0.6) is 0 Å². The van der Waals surface area contributed by atoms with Gasteiger partial charge in [-0.05, 0) is 37.8 Å². The molecule has 1 aliphatic heterocycles. The number of amides is 1. The van der Waals surface area contributed by atoms with E-state index in [4.69, 9.17) is 4.74 Å². The molecule has 1 unspecified atom stereocenters. The number of ether oxygens (including phenoxy) is 1. The van der Waals surface area contributed by atoms with Crippen molar-refractivity contribution in [3.8, 4) is 0 Å². The molecule has 6 nitrogen and oxygen atoms in total. The maximum atomic E-state index is 11.8. The second-order valence-electron chi connectivity index (χ2n) is 5.44. The summed E-state index contributed by atoms with van der Waals surface area (Å²) in [5.41, 5.74) is 0. The SMILES string of the molecule is O=C(Nc1ccc(NCC2CCCO2)nn1)C1CCC1. The zero-order valence-corrected chi connectivity index (χ0v) is 11.5. The first-order valence-electron chi connectivity index (χ1n) is 7.31. The number of anilines is 2. The molecule has 0 aromatic carbocycles. The van der Waals surface area contributed by atoms with Crippen molar-refractivity contribution >= 4 is 17.5 Å². The molecular weight excluding hydrogens is 256 g/mol. The van der Waals surface area contributed by atoms with E-state index in [2.05, 4.69) is 20.8 Å². The first kappa shape index (κ1) is 13.3. The van der Waals surface area contributed by atoms with Crippen molar-refractivity contribution in [3.05, 3.63) is 12.1 Å². The van der Waals surface area contributed by atoms with Crippen LogP contribution in [0.25, 0.3) is 0 Å². The van der Waals surface area contributed by atoms with Gasteiger partial charge in [0, 0.05) is 19.1 Å². The van der Waals surface area contributed by atoms with Crippen molar-refractivity contribution in [2.24, 2.45) is 5.92 Å². The number of hydrogen-bond donors (Lipinski definition) is 2. The third kappa shape index (κ3) is 3.25. The van der Waals surface area contributed by atoms with Crippen LogP contribution in [0.4, 0.5) is 11.6 Å². The molecule has 0 radical (unpaired) electrons. The molecule has 1 saturated heterocycles. The molecule has 1 saturated carbocycles. The van der Waals surface area contributed by atoms with Gasteiger partial charge in [-0.25, -0.2) is 0 Å². The van der Waals surface area contributed by atoms with Gasteiger partial charge in [-0.2, -0.15) is 0 Å². The van der Waals surface area contributed by atoms with Gasteiger partial charge < -0.3 is 15.4 Å². The Morgan fingerprint density at radius 1 is 1.20 bits per heavy atom. The highest BCUT2D eigenvalue weighted by Crippen LogP contribution is 2.27. The number of nitrogens with one attached hydrogen (secondary N) is 2. The minimum atomic E-state index is 0.0608. The molecule has 108 valence electrons. The largest absolute Gasteiger partial charge is 0.376 e. The average molecular weight is 276 g/mol. The van der Waals surface area contributed by atoms with Crippen LogP contribution in [0.3, 0.4) is 0 Å². The van der Waals surface area contributed by atoms with Crippen molar-refractivity contribution in [2.45, 2.75) is 38.2 Å². The van der Waals surface area contributed by atoms with Gasteiger partial charge >= 0.3 is 0 Å². The standard InChI is InChI=1S/C14H20N4O2/c19-14(10-3-1-4-10)16-13-7-6-12(17-18-13)15-9-11-5-2-8-20-11/h6-7,10-11H,1-5,8-9H2,(H,15,17)(H,16,18,19). The molecule has 1 aromatic heterocycles. The summed E-state index contributed by atoms with van der Waals surface area (Å²) >= 11 is 0. The summed E-state index contributed by atoms with van der Waals surface area (Å²) in [5, 5.41) is 14.1. The van der Waals surface area contributed by atoms with Gasteiger partial charge in [-0.1, -0.05) is 6.42 Å². The molecule has 0 bridgehead atoms. The van der Waals surface area contributed by atoms with Gasteiger partial charge in [0.1, 0.15) is 5.82 Å². The second kappa shape index (κ2) is 6.17. The van der Waals surface area contributed by atoms with Crippen LogP contribution in [0.1, 0.15) is 32.1 Å². The van der Waals surface area contributed by atoms with Crippen molar-refractivity contribution in [3.63, 3.8) is 0 Å². The molecule has 1 aliphatic carbocycles. The van der Waals surface area contributed by atoms with Gasteiger partial charge in [0.15, 0.2) is 5.82 Å². The number of hydrogen-bond acceptors (Lipinski definition) is 5. The first-order valence-corrected chi connectivity index (χ1v) is 7.31. The van der Waals surface area contributed by atoms with Crippen molar-refractivity contribution < 1.29 is 9.53 Å².